The van der Waals surface area contributed by atoms with Crippen LogP contribution in [0.25, 0.3) is 0 Å². The van der Waals surface area contributed by atoms with Gasteiger partial charge in [0.2, 0.25) is 0 Å². The maximum atomic E-state index is 10.1. The van der Waals surface area contributed by atoms with E-state index >= 15 is 0 Å². The molecule has 3 aromatic carbocycles. The minimum atomic E-state index is -0.148. The van der Waals surface area contributed by atoms with E-state index in [9.17, 15) is 15.8 Å². The molecule has 3 rings (SSSR count). The fourth-order valence-electron chi connectivity index (χ4n) is 5.26. The van der Waals surface area contributed by atoms with E-state index < -0.39 is 0 Å². The van der Waals surface area contributed by atoms with Crippen LogP contribution in [-0.2, 0) is 0 Å². The highest BCUT2D eigenvalue weighted by molar-refractivity contribution is 5.23. The first-order valence-corrected chi connectivity index (χ1v) is 13.0. The zero-order valence-corrected chi connectivity index (χ0v) is 21.1. The molecule has 0 radical (unpaired) electrons. The number of nitriles is 3. The van der Waals surface area contributed by atoms with Gasteiger partial charge in [-0.05, 0) is 66.5 Å². The fraction of sp³-hybridized carbons (Fsp3) is 0.364. The van der Waals surface area contributed by atoms with Crippen LogP contribution >= 0.6 is 0 Å². The summed E-state index contributed by atoms with van der Waals surface area (Å²) in [6.07, 6.45) is 4.22. The summed E-state index contributed by atoms with van der Waals surface area (Å²) in [6.45, 7) is 2.19. The molecule has 0 aliphatic carbocycles. The molecule has 36 heavy (non-hydrogen) atoms. The van der Waals surface area contributed by atoms with Crippen molar-refractivity contribution in [3.8, 4) is 18.2 Å². The Balaban J connectivity index is 1.77. The van der Waals surface area contributed by atoms with Gasteiger partial charge in [0.25, 0.3) is 0 Å². The summed E-state index contributed by atoms with van der Waals surface area (Å²) in [4.78, 5) is 0. The van der Waals surface area contributed by atoms with Gasteiger partial charge in [-0.15, -0.1) is 0 Å². The lowest BCUT2D eigenvalue weighted by Crippen LogP contribution is -2.15. The number of hydrogen-bond acceptors (Lipinski definition) is 3. The van der Waals surface area contributed by atoms with Crippen LogP contribution in [0, 0.1) is 45.8 Å². The third-order valence-corrected chi connectivity index (χ3v) is 7.23. The second kappa shape index (κ2) is 14.5. The topological polar surface area (TPSA) is 71.4 Å². The number of benzene rings is 3. The Kier molecular flexibility index (Phi) is 10.8. The quantitative estimate of drug-likeness (QED) is 0.250. The van der Waals surface area contributed by atoms with Gasteiger partial charge < -0.3 is 0 Å². The average molecular weight is 474 g/mol. The average Bonchev–Trinajstić information content (AvgIpc) is 2.94. The van der Waals surface area contributed by atoms with Crippen LogP contribution in [0.15, 0.2) is 91.0 Å². The van der Waals surface area contributed by atoms with Crippen LogP contribution in [0.1, 0.15) is 79.9 Å². The Morgan fingerprint density at radius 1 is 0.556 bits per heavy atom. The summed E-state index contributed by atoms with van der Waals surface area (Å²) in [5.41, 5.74) is 3.64. The third-order valence-electron chi connectivity index (χ3n) is 7.23. The lowest BCUT2D eigenvalue weighted by molar-refractivity contribution is 0.386. The normalized spacial score (nSPS) is 14.8. The minimum Gasteiger partial charge on any atom is -0.198 e. The minimum absolute atomic E-state index is 0.0896. The van der Waals surface area contributed by atoms with Crippen molar-refractivity contribution in [3.63, 3.8) is 0 Å². The van der Waals surface area contributed by atoms with Gasteiger partial charge in [-0.2, -0.15) is 15.8 Å². The lowest BCUT2D eigenvalue weighted by Gasteiger charge is -2.26. The Hall–Kier alpha value is -3.87. The molecule has 0 saturated heterocycles. The van der Waals surface area contributed by atoms with Crippen molar-refractivity contribution in [3.05, 3.63) is 108 Å². The smallest absolute Gasteiger partial charge is 0.0656 e. The SMILES string of the molecule is CC(CC(C#N)CC(CC(C#N)CC(CCC#N)c1ccccc1)c1ccccc1)c1ccccc1. The Morgan fingerprint density at radius 3 is 1.44 bits per heavy atom. The van der Waals surface area contributed by atoms with E-state index in [0.717, 1.165) is 25.7 Å². The molecule has 0 aromatic heterocycles. The largest absolute Gasteiger partial charge is 0.198 e. The summed E-state index contributed by atoms with van der Waals surface area (Å²) >= 11 is 0. The predicted molar refractivity (Wildman–Crippen MR) is 145 cm³/mol. The van der Waals surface area contributed by atoms with E-state index in [1.165, 1.54) is 16.7 Å². The number of hydrogen-bond donors (Lipinski definition) is 0. The van der Waals surface area contributed by atoms with Crippen molar-refractivity contribution in [2.24, 2.45) is 11.8 Å². The van der Waals surface area contributed by atoms with Gasteiger partial charge in [-0.1, -0.05) is 97.9 Å². The molecule has 0 aliphatic heterocycles. The van der Waals surface area contributed by atoms with Crippen LogP contribution < -0.4 is 0 Å². The van der Waals surface area contributed by atoms with Crippen LogP contribution in [0.4, 0.5) is 0 Å². The van der Waals surface area contributed by atoms with Crippen molar-refractivity contribution in [1.29, 1.82) is 15.8 Å². The van der Waals surface area contributed by atoms with Crippen molar-refractivity contribution in [2.45, 2.75) is 63.2 Å². The van der Waals surface area contributed by atoms with Gasteiger partial charge in [-0.25, -0.2) is 0 Å². The molecule has 3 aromatic rings. The maximum Gasteiger partial charge on any atom is 0.0656 e. The van der Waals surface area contributed by atoms with Gasteiger partial charge in [-0.3, -0.25) is 0 Å². The molecule has 0 amide bonds. The van der Waals surface area contributed by atoms with Crippen molar-refractivity contribution >= 4 is 0 Å². The monoisotopic (exact) mass is 473 g/mol. The second-order valence-corrected chi connectivity index (χ2v) is 9.82. The fourth-order valence-corrected chi connectivity index (χ4v) is 5.26. The summed E-state index contributed by atoms with van der Waals surface area (Å²) in [5, 5.41) is 29.4. The van der Waals surface area contributed by atoms with E-state index in [-0.39, 0.29) is 23.7 Å². The third kappa shape index (κ3) is 8.12. The second-order valence-electron chi connectivity index (χ2n) is 9.82. The van der Waals surface area contributed by atoms with Gasteiger partial charge >= 0.3 is 0 Å². The molecule has 0 fully saturated rings. The highest BCUT2D eigenvalue weighted by Gasteiger charge is 2.26. The molecular weight excluding hydrogens is 438 g/mol. The number of rotatable bonds is 13. The van der Waals surface area contributed by atoms with Crippen LogP contribution in [0.3, 0.4) is 0 Å². The van der Waals surface area contributed by atoms with E-state index in [1.54, 1.807) is 0 Å². The molecule has 0 aliphatic rings. The molecule has 3 heteroatoms. The number of nitrogens with zero attached hydrogens (tertiary/aromatic N) is 3. The highest BCUT2D eigenvalue weighted by atomic mass is 14.4. The van der Waals surface area contributed by atoms with Crippen molar-refractivity contribution < 1.29 is 0 Å². The maximum absolute atomic E-state index is 10.1. The molecule has 3 nitrogen and oxygen atoms in total. The molecule has 0 N–H and O–H groups in total. The molecule has 0 heterocycles. The first-order valence-electron chi connectivity index (χ1n) is 13.0. The Labute approximate surface area is 216 Å². The lowest BCUT2D eigenvalue weighted by atomic mass is 9.77. The van der Waals surface area contributed by atoms with E-state index in [0.29, 0.717) is 18.8 Å². The van der Waals surface area contributed by atoms with E-state index in [4.69, 9.17) is 0 Å². The highest BCUT2D eigenvalue weighted by Crippen LogP contribution is 2.37. The van der Waals surface area contributed by atoms with Crippen LogP contribution in [0.5, 0.6) is 0 Å². The molecule has 5 unspecified atom stereocenters. The zero-order chi connectivity index (χ0) is 25.6. The molecular formula is C33H35N3. The van der Waals surface area contributed by atoms with Crippen LogP contribution in [-0.4, -0.2) is 0 Å². The van der Waals surface area contributed by atoms with Gasteiger partial charge in [0, 0.05) is 18.3 Å². The standard InChI is InChI=1S/C33H35N3/c1-26(29-12-5-2-6-13-29)20-27(24-35)22-33(31-16-9-4-10-17-31)23-28(25-36)21-32(18-11-19-34)30-14-7-3-8-15-30/h2-10,12-17,26-28,32-33H,11,18,20-23H2,1H3. The van der Waals surface area contributed by atoms with Crippen molar-refractivity contribution in [1.82, 2.24) is 0 Å². The Bertz CT molecular complexity index is 1150. The molecule has 0 bridgehead atoms. The summed E-state index contributed by atoms with van der Waals surface area (Å²) in [5.74, 6) is 0.374. The van der Waals surface area contributed by atoms with Gasteiger partial charge in [0.15, 0.2) is 0 Å². The first-order chi connectivity index (χ1) is 17.6. The van der Waals surface area contributed by atoms with E-state index in [1.807, 2.05) is 54.6 Å². The van der Waals surface area contributed by atoms with Crippen LogP contribution in [0.2, 0.25) is 0 Å². The molecule has 0 spiro atoms. The van der Waals surface area contributed by atoms with Gasteiger partial charge in [0.05, 0.1) is 18.2 Å². The van der Waals surface area contributed by atoms with Gasteiger partial charge in [0.1, 0.15) is 0 Å². The summed E-state index contributed by atoms with van der Waals surface area (Å²) in [6, 6.07) is 38.4. The zero-order valence-electron chi connectivity index (χ0n) is 21.1. The molecule has 0 saturated carbocycles. The molecule has 5 atom stereocenters. The molecule has 182 valence electrons. The Morgan fingerprint density at radius 2 is 0.972 bits per heavy atom. The summed E-state index contributed by atoms with van der Waals surface area (Å²) < 4.78 is 0. The first kappa shape index (κ1) is 26.7. The van der Waals surface area contributed by atoms with Crippen molar-refractivity contribution in [2.75, 3.05) is 0 Å². The van der Waals surface area contributed by atoms with E-state index in [2.05, 4.69) is 61.5 Å². The predicted octanol–water partition coefficient (Wildman–Crippen LogP) is 8.50. The summed E-state index contributed by atoms with van der Waals surface area (Å²) in [7, 11) is 0.